The van der Waals surface area contributed by atoms with Crippen molar-refractivity contribution in [1.82, 2.24) is 14.9 Å². The molecule has 1 heterocycles. The molecule has 0 spiro atoms. The van der Waals surface area contributed by atoms with Crippen molar-refractivity contribution >= 4 is 11.0 Å². The van der Waals surface area contributed by atoms with E-state index in [4.69, 9.17) is 9.72 Å². The predicted molar refractivity (Wildman–Crippen MR) is 134 cm³/mol. The predicted octanol–water partition coefficient (Wildman–Crippen LogP) is 6.79. The number of imidazole rings is 1. The zero-order valence-electron chi connectivity index (χ0n) is 20.5. The van der Waals surface area contributed by atoms with Gasteiger partial charge in [-0.05, 0) is 74.8 Å². The van der Waals surface area contributed by atoms with Crippen molar-refractivity contribution in [2.24, 2.45) is 0 Å². The van der Waals surface area contributed by atoms with Crippen LogP contribution in [0, 0.1) is 13.8 Å². The van der Waals surface area contributed by atoms with Crippen molar-refractivity contribution in [3.05, 3.63) is 82.4 Å². The number of nitrogens with one attached hydrogen (secondary N) is 1. The van der Waals surface area contributed by atoms with Crippen LogP contribution in [0.4, 0.5) is 13.2 Å². The molecule has 0 saturated carbocycles. The van der Waals surface area contributed by atoms with Gasteiger partial charge < -0.3 is 14.6 Å². The van der Waals surface area contributed by atoms with Crippen molar-refractivity contribution in [2.45, 2.75) is 32.9 Å². The van der Waals surface area contributed by atoms with Gasteiger partial charge in [-0.15, -0.1) is 0 Å². The van der Waals surface area contributed by atoms with Gasteiger partial charge >= 0.3 is 6.18 Å². The summed E-state index contributed by atoms with van der Waals surface area (Å²) in [4.78, 5) is 10.2. The zero-order valence-corrected chi connectivity index (χ0v) is 20.5. The molecule has 1 N–H and O–H groups in total. The summed E-state index contributed by atoms with van der Waals surface area (Å²) in [5.74, 6) is 1.30. The summed E-state index contributed by atoms with van der Waals surface area (Å²) in [6.07, 6.45) is -3.49. The summed E-state index contributed by atoms with van der Waals surface area (Å²) in [5, 5.41) is 0. The topological polar surface area (TPSA) is 41.1 Å². The van der Waals surface area contributed by atoms with E-state index in [0.29, 0.717) is 29.3 Å². The molecular formula is C28H30F3N3O. The third kappa shape index (κ3) is 5.85. The van der Waals surface area contributed by atoms with Gasteiger partial charge in [-0.3, -0.25) is 0 Å². The van der Waals surface area contributed by atoms with Crippen LogP contribution in [-0.2, 0) is 12.6 Å². The van der Waals surface area contributed by atoms with E-state index in [1.807, 2.05) is 52.2 Å². The minimum atomic E-state index is -4.42. The van der Waals surface area contributed by atoms with E-state index in [2.05, 4.69) is 16.0 Å². The van der Waals surface area contributed by atoms with E-state index in [1.54, 1.807) is 6.07 Å². The fourth-order valence-electron chi connectivity index (χ4n) is 4.13. The highest BCUT2D eigenvalue weighted by Gasteiger charge is 2.33. The summed E-state index contributed by atoms with van der Waals surface area (Å²) in [5.41, 5.74) is 4.92. The second kappa shape index (κ2) is 10.1. The lowest BCUT2D eigenvalue weighted by Gasteiger charge is -2.14. The van der Waals surface area contributed by atoms with Crippen LogP contribution in [0.2, 0.25) is 0 Å². The molecule has 0 aliphatic rings. The Kier molecular flexibility index (Phi) is 7.17. The molecule has 0 unspecified atom stereocenters. The fourth-order valence-corrected chi connectivity index (χ4v) is 4.13. The monoisotopic (exact) mass is 481 g/mol. The molecule has 0 atom stereocenters. The smallest absolute Gasteiger partial charge is 0.416 e. The normalized spacial score (nSPS) is 12.0. The van der Waals surface area contributed by atoms with E-state index < -0.39 is 11.7 Å². The molecule has 1 aromatic heterocycles. The number of aryl methyl sites for hydroxylation is 2. The highest BCUT2D eigenvalue weighted by Crippen LogP contribution is 2.35. The molecule has 0 radical (unpaired) electrons. The van der Waals surface area contributed by atoms with Crippen LogP contribution in [0.5, 0.6) is 5.75 Å². The van der Waals surface area contributed by atoms with Crippen LogP contribution in [0.1, 0.15) is 34.2 Å². The van der Waals surface area contributed by atoms with Crippen LogP contribution < -0.4 is 4.74 Å². The first-order valence-electron chi connectivity index (χ1n) is 11.6. The average molecular weight is 482 g/mol. The molecule has 0 aliphatic carbocycles. The maximum atomic E-state index is 13.7. The molecule has 35 heavy (non-hydrogen) atoms. The Bertz CT molecular complexity index is 1330. The summed E-state index contributed by atoms with van der Waals surface area (Å²) >= 11 is 0. The number of nitrogens with zero attached hydrogens (tertiary/aromatic N) is 2. The van der Waals surface area contributed by atoms with Gasteiger partial charge in [0.1, 0.15) is 11.6 Å². The van der Waals surface area contributed by atoms with Gasteiger partial charge in [0.15, 0.2) is 0 Å². The molecule has 0 amide bonds. The first-order chi connectivity index (χ1) is 16.6. The Morgan fingerprint density at radius 3 is 2.43 bits per heavy atom. The van der Waals surface area contributed by atoms with Gasteiger partial charge in [-0.2, -0.15) is 13.2 Å². The van der Waals surface area contributed by atoms with Crippen LogP contribution >= 0.6 is 0 Å². The largest absolute Gasteiger partial charge is 0.493 e. The van der Waals surface area contributed by atoms with Gasteiger partial charge in [-0.1, -0.05) is 30.3 Å². The number of ether oxygens (including phenoxy) is 1. The summed E-state index contributed by atoms with van der Waals surface area (Å²) in [7, 11) is 4.00. The number of H-pyrrole nitrogens is 1. The van der Waals surface area contributed by atoms with Crippen molar-refractivity contribution in [3.63, 3.8) is 0 Å². The van der Waals surface area contributed by atoms with Crippen LogP contribution in [0.25, 0.3) is 22.4 Å². The van der Waals surface area contributed by atoms with Crippen molar-refractivity contribution < 1.29 is 17.9 Å². The van der Waals surface area contributed by atoms with E-state index in [1.165, 1.54) is 17.7 Å². The number of hydrogen-bond acceptors (Lipinski definition) is 3. The SMILES string of the molecule is Cc1ccc(-c2nc3c(Cc4ccccc4C(F)(F)F)cc(OCCCN(C)C)cc3[nH]2)cc1C. The quantitative estimate of drug-likeness (QED) is 0.282. The highest BCUT2D eigenvalue weighted by atomic mass is 19.4. The standard InChI is InChI=1S/C28H30F3N3O/c1-18-10-11-21(14-19(18)2)27-32-25-17-23(35-13-7-12-34(3)4)16-22(26(25)33-27)15-20-8-5-6-9-24(20)28(29,30)31/h5-6,8-11,14,16-17H,7,12-13,15H2,1-4H3,(H,32,33). The molecule has 0 fully saturated rings. The molecule has 184 valence electrons. The number of fused-ring (bicyclic) bond motifs is 1. The van der Waals surface area contributed by atoms with Crippen molar-refractivity contribution in [2.75, 3.05) is 27.2 Å². The van der Waals surface area contributed by atoms with Crippen molar-refractivity contribution in [1.29, 1.82) is 0 Å². The lowest BCUT2D eigenvalue weighted by Crippen LogP contribution is -2.15. The van der Waals surface area contributed by atoms with Crippen LogP contribution in [-0.4, -0.2) is 42.1 Å². The Labute approximate surface area is 203 Å². The second-order valence-electron chi connectivity index (χ2n) is 9.20. The first-order valence-corrected chi connectivity index (χ1v) is 11.6. The highest BCUT2D eigenvalue weighted by molar-refractivity contribution is 5.84. The first kappa shape index (κ1) is 24.8. The van der Waals surface area contributed by atoms with Gasteiger partial charge in [0, 0.05) is 24.6 Å². The zero-order chi connectivity index (χ0) is 25.2. The molecule has 4 nitrogen and oxygen atoms in total. The lowest BCUT2D eigenvalue weighted by molar-refractivity contribution is -0.138. The van der Waals surface area contributed by atoms with E-state index >= 15 is 0 Å². The summed E-state index contributed by atoms with van der Waals surface area (Å²) in [6, 6.07) is 15.5. The lowest BCUT2D eigenvalue weighted by atomic mass is 9.98. The third-order valence-electron chi connectivity index (χ3n) is 6.14. The fraction of sp³-hybridized carbons (Fsp3) is 0.321. The molecule has 4 rings (SSSR count). The second-order valence-corrected chi connectivity index (χ2v) is 9.20. The van der Waals surface area contributed by atoms with Crippen LogP contribution in [0.3, 0.4) is 0 Å². The Morgan fingerprint density at radius 1 is 0.943 bits per heavy atom. The minimum absolute atomic E-state index is 0.0955. The van der Waals surface area contributed by atoms with E-state index in [9.17, 15) is 13.2 Å². The third-order valence-corrected chi connectivity index (χ3v) is 6.14. The average Bonchev–Trinajstić information content (AvgIpc) is 3.23. The van der Waals surface area contributed by atoms with Gasteiger partial charge in [-0.25, -0.2) is 4.98 Å². The number of aromatic amines is 1. The van der Waals surface area contributed by atoms with Gasteiger partial charge in [0.2, 0.25) is 0 Å². The number of rotatable bonds is 8. The Hall–Kier alpha value is -3.32. The molecule has 0 aliphatic heterocycles. The minimum Gasteiger partial charge on any atom is -0.493 e. The molecule has 4 aromatic rings. The van der Waals surface area contributed by atoms with E-state index in [0.717, 1.165) is 35.7 Å². The summed E-state index contributed by atoms with van der Waals surface area (Å²) in [6.45, 7) is 5.49. The number of aromatic nitrogens is 2. The molecule has 0 bridgehead atoms. The maximum Gasteiger partial charge on any atom is 0.416 e. The Balaban J connectivity index is 1.76. The van der Waals surface area contributed by atoms with E-state index in [-0.39, 0.29) is 12.0 Å². The number of hydrogen-bond donors (Lipinski definition) is 1. The number of alkyl halides is 3. The van der Waals surface area contributed by atoms with Crippen LogP contribution in [0.15, 0.2) is 54.6 Å². The molecule has 0 saturated heterocycles. The van der Waals surface area contributed by atoms with Gasteiger partial charge in [0.05, 0.1) is 23.2 Å². The molecule has 3 aromatic carbocycles. The number of benzene rings is 3. The summed E-state index contributed by atoms with van der Waals surface area (Å²) < 4.78 is 47.0. The maximum absolute atomic E-state index is 13.7. The number of halogens is 3. The van der Waals surface area contributed by atoms with Gasteiger partial charge in [0.25, 0.3) is 0 Å². The van der Waals surface area contributed by atoms with Crippen molar-refractivity contribution in [3.8, 4) is 17.1 Å². The Morgan fingerprint density at radius 2 is 1.71 bits per heavy atom. The molecule has 7 heteroatoms. The molecular weight excluding hydrogens is 451 g/mol.